The third-order valence-electron chi connectivity index (χ3n) is 7.28. The first-order valence-corrected chi connectivity index (χ1v) is 13.4. The van der Waals surface area contributed by atoms with E-state index in [-0.39, 0.29) is 23.9 Å². The summed E-state index contributed by atoms with van der Waals surface area (Å²) in [5, 5.41) is 39.7. The lowest BCUT2D eigenvalue weighted by Crippen LogP contribution is -2.52. The number of hydrogen-bond acceptors (Lipinski definition) is 9. The zero-order valence-electron chi connectivity index (χ0n) is 21.0. The van der Waals surface area contributed by atoms with Crippen LogP contribution in [-0.2, 0) is 0 Å². The molecule has 1 aliphatic heterocycles. The van der Waals surface area contributed by atoms with Gasteiger partial charge in [0.15, 0.2) is 5.01 Å². The fraction of sp³-hybridized carbons (Fsp3) is 0.385. The topological polar surface area (TPSA) is 144 Å². The van der Waals surface area contributed by atoms with Crippen LogP contribution in [-0.4, -0.2) is 61.2 Å². The molecule has 3 atom stereocenters. The maximum absolute atomic E-state index is 11.2. The summed E-state index contributed by atoms with van der Waals surface area (Å²) in [7, 11) is 0. The molecule has 0 radical (unpaired) electrons. The average molecular weight is 530 g/mol. The number of carboxylic acid groups (broad SMARTS) is 1. The second-order valence-electron chi connectivity index (χ2n) is 10.2. The highest BCUT2D eigenvalue weighted by molar-refractivity contribution is 7.18. The molecule has 12 heteroatoms. The van der Waals surface area contributed by atoms with Crippen LogP contribution in [0.5, 0.6) is 0 Å². The van der Waals surface area contributed by atoms with Gasteiger partial charge in [0.25, 0.3) is 0 Å². The standard InChI is InChI=1S/C26H27N9O2S/c1-14(2)30-20-8-21(22-6-5-18-7-15(9-27)10-29-35(18)22)28-11-19(20)24-32-33-25(38-24)34-12-16-3-4-17(13-34)23(16)31-26(36)37/h5-8,10-11,14,16-17,23,31H,3-4,12-13H2,1-2H3,(H,28,30)(H,36,37)/t16-,17?,23?/m0/s1. The van der Waals surface area contributed by atoms with E-state index in [0.717, 1.165) is 64.2 Å². The molecule has 6 rings (SSSR count). The molecule has 2 unspecified atom stereocenters. The highest BCUT2D eigenvalue weighted by atomic mass is 32.1. The summed E-state index contributed by atoms with van der Waals surface area (Å²) in [5.41, 5.74) is 4.69. The fourth-order valence-corrected chi connectivity index (χ4v) is 6.55. The highest BCUT2D eigenvalue weighted by Gasteiger charge is 2.43. The number of rotatable bonds is 6. The Labute approximate surface area is 223 Å². The molecule has 0 spiro atoms. The Morgan fingerprint density at radius 2 is 1.97 bits per heavy atom. The molecule has 2 aliphatic rings. The SMILES string of the molecule is CC(C)Nc1cc(-c2ccc3cc(C#N)cnn23)ncc1-c1nnc(N2CC3CC[C@@H](C2)C3NC(=O)O)s1. The molecule has 1 saturated carbocycles. The summed E-state index contributed by atoms with van der Waals surface area (Å²) in [6.45, 7) is 5.70. The van der Waals surface area contributed by atoms with E-state index in [2.05, 4.69) is 50.7 Å². The third-order valence-corrected chi connectivity index (χ3v) is 8.30. The molecule has 1 aliphatic carbocycles. The van der Waals surface area contributed by atoms with Gasteiger partial charge in [0.2, 0.25) is 5.13 Å². The molecular weight excluding hydrogens is 502 g/mol. The summed E-state index contributed by atoms with van der Waals surface area (Å²) < 4.78 is 1.78. The smallest absolute Gasteiger partial charge is 0.404 e. The first-order valence-electron chi connectivity index (χ1n) is 12.6. The van der Waals surface area contributed by atoms with E-state index in [1.807, 2.05) is 24.4 Å². The number of fused-ring (bicyclic) bond motifs is 3. The van der Waals surface area contributed by atoms with Crippen LogP contribution >= 0.6 is 11.3 Å². The molecule has 4 aromatic rings. The van der Waals surface area contributed by atoms with Gasteiger partial charge in [0, 0.05) is 37.1 Å². The molecule has 38 heavy (non-hydrogen) atoms. The number of pyridine rings is 1. The predicted octanol–water partition coefficient (Wildman–Crippen LogP) is 4.09. The quantitative estimate of drug-likeness (QED) is 0.336. The van der Waals surface area contributed by atoms with Crippen LogP contribution in [0.4, 0.5) is 15.6 Å². The Morgan fingerprint density at radius 1 is 1.18 bits per heavy atom. The van der Waals surface area contributed by atoms with Gasteiger partial charge in [-0.1, -0.05) is 11.3 Å². The monoisotopic (exact) mass is 529 g/mol. The average Bonchev–Trinajstić information content (AvgIpc) is 3.59. The summed E-state index contributed by atoms with van der Waals surface area (Å²) in [6, 6.07) is 10.0. The summed E-state index contributed by atoms with van der Waals surface area (Å²) in [4.78, 5) is 18.2. The van der Waals surface area contributed by atoms with Gasteiger partial charge in [-0.2, -0.15) is 10.4 Å². The lowest BCUT2D eigenvalue weighted by molar-refractivity contribution is 0.178. The number of hydrogen-bond donors (Lipinski definition) is 3. The molecule has 0 aromatic carbocycles. The number of piperidine rings is 1. The summed E-state index contributed by atoms with van der Waals surface area (Å²) >= 11 is 1.53. The fourth-order valence-electron chi connectivity index (χ4n) is 5.66. The molecule has 4 aromatic heterocycles. The maximum Gasteiger partial charge on any atom is 0.404 e. The Kier molecular flexibility index (Phi) is 6.07. The van der Waals surface area contributed by atoms with Crippen LogP contribution in [0.1, 0.15) is 32.3 Å². The Hall–Kier alpha value is -4.24. The number of nitrogens with zero attached hydrogens (tertiary/aromatic N) is 7. The van der Waals surface area contributed by atoms with Gasteiger partial charge in [0.1, 0.15) is 6.07 Å². The molecular formula is C26H27N9O2S. The molecule has 11 nitrogen and oxygen atoms in total. The number of amides is 1. The lowest BCUT2D eigenvalue weighted by atomic mass is 9.92. The van der Waals surface area contributed by atoms with Crippen molar-refractivity contribution < 1.29 is 9.90 Å². The van der Waals surface area contributed by atoms with Crippen molar-refractivity contribution in [1.82, 2.24) is 30.1 Å². The molecule has 3 N–H and O–H groups in total. The minimum Gasteiger partial charge on any atom is -0.465 e. The van der Waals surface area contributed by atoms with Crippen LogP contribution in [0.3, 0.4) is 0 Å². The van der Waals surface area contributed by atoms with Crippen molar-refractivity contribution in [3.8, 4) is 28.0 Å². The van der Waals surface area contributed by atoms with E-state index in [9.17, 15) is 15.2 Å². The van der Waals surface area contributed by atoms with Gasteiger partial charge in [-0.3, -0.25) is 4.98 Å². The number of carbonyl (C=O) groups is 1. The molecule has 1 amide bonds. The minimum absolute atomic E-state index is 0.0147. The lowest BCUT2D eigenvalue weighted by Gasteiger charge is -2.37. The van der Waals surface area contributed by atoms with Crippen molar-refractivity contribution in [2.45, 2.75) is 38.8 Å². The van der Waals surface area contributed by atoms with Crippen LogP contribution in [0.15, 0.2) is 36.7 Å². The predicted molar refractivity (Wildman–Crippen MR) is 144 cm³/mol. The summed E-state index contributed by atoms with van der Waals surface area (Å²) in [5.74, 6) is 0.567. The first-order chi connectivity index (χ1) is 18.4. The minimum atomic E-state index is -0.949. The van der Waals surface area contributed by atoms with Crippen LogP contribution in [0, 0.1) is 23.2 Å². The number of anilines is 2. The van der Waals surface area contributed by atoms with Gasteiger partial charge < -0.3 is 20.6 Å². The summed E-state index contributed by atoms with van der Waals surface area (Å²) in [6.07, 6.45) is 4.46. The van der Waals surface area contributed by atoms with Gasteiger partial charge in [0.05, 0.1) is 34.2 Å². The maximum atomic E-state index is 11.2. The van der Waals surface area contributed by atoms with Crippen molar-refractivity contribution in [2.75, 3.05) is 23.3 Å². The Balaban J connectivity index is 1.29. The molecule has 2 bridgehead atoms. The zero-order chi connectivity index (χ0) is 26.4. The van der Waals surface area contributed by atoms with Gasteiger partial charge >= 0.3 is 6.09 Å². The van der Waals surface area contributed by atoms with E-state index >= 15 is 0 Å². The number of aromatic nitrogens is 5. The van der Waals surface area contributed by atoms with E-state index in [1.54, 1.807) is 16.8 Å². The second kappa shape index (κ2) is 9.57. The second-order valence-corrected chi connectivity index (χ2v) is 11.1. The molecule has 1 saturated heterocycles. The largest absolute Gasteiger partial charge is 0.465 e. The normalized spacial score (nSPS) is 20.6. The van der Waals surface area contributed by atoms with Crippen molar-refractivity contribution in [3.05, 3.63) is 42.2 Å². The van der Waals surface area contributed by atoms with Crippen molar-refractivity contribution in [1.29, 1.82) is 5.26 Å². The van der Waals surface area contributed by atoms with E-state index in [1.165, 1.54) is 11.3 Å². The molecule has 5 heterocycles. The Bertz CT molecular complexity index is 1540. The van der Waals surface area contributed by atoms with Crippen LogP contribution in [0.2, 0.25) is 0 Å². The zero-order valence-corrected chi connectivity index (χ0v) is 21.8. The van der Waals surface area contributed by atoms with Crippen LogP contribution in [0.25, 0.3) is 27.5 Å². The van der Waals surface area contributed by atoms with Gasteiger partial charge in [-0.15, -0.1) is 10.2 Å². The van der Waals surface area contributed by atoms with E-state index in [0.29, 0.717) is 5.56 Å². The number of nitrogens with one attached hydrogen (secondary N) is 2. The highest BCUT2D eigenvalue weighted by Crippen LogP contribution is 2.41. The first kappa shape index (κ1) is 24.1. The molecule has 194 valence electrons. The van der Waals surface area contributed by atoms with Gasteiger partial charge in [-0.25, -0.2) is 9.31 Å². The number of nitriles is 1. The van der Waals surface area contributed by atoms with E-state index in [4.69, 9.17) is 4.98 Å². The third kappa shape index (κ3) is 4.39. The van der Waals surface area contributed by atoms with Crippen molar-refractivity contribution in [2.24, 2.45) is 11.8 Å². The van der Waals surface area contributed by atoms with Crippen molar-refractivity contribution >= 4 is 33.8 Å². The van der Waals surface area contributed by atoms with Gasteiger partial charge in [-0.05, 0) is 62.8 Å². The van der Waals surface area contributed by atoms with Crippen molar-refractivity contribution in [3.63, 3.8) is 0 Å². The molecule has 2 fully saturated rings. The van der Waals surface area contributed by atoms with E-state index < -0.39 is 6.09 Å². The van der Waals surface area contributed by atoms with Crippen LogP contribution < -0.4 is 15.5 Å². The Morgan fingerprint density at radius 3 is 2.68 bits per heavy atom.